The van der Waals surface area contributed by atoms with E-state index in [2.05, 4.69) is 0 Å². The number of carbonyl (C=O) groups excluding carboxylic acids is 2. The number of ether oxygens (including phenoxy) is 1. The molecule has 1 aromatic carbocycles. The van der Waals surface area contributed by atoms with E-state index in [4.69, 9.17) is 4.74 Å². The van der Waals surface area contributed by atoms with Gasteiger partial charge in [0.1, 0.15) is 0 Å². The van der Waals surface area contributed by atoms with Crippen LogP contribution in [-0.2, 0) is 19.7 Å². The Bertz CT molecular complexity index is 601. The second kappa shape index (κ2) is 7.56. The first-order chi connectivity index (χ1) is 12.0. The van der Waals surface area contributed by atoms with Crippen LogP contribution in [0.5, 0.6) is 0 Å². The number of amides is 2. The van der Waals surface area contributed by atoms with Gasteiger partial charge in [0, 0.05) is 45.3 Å². The van der Waals surface area contributed by atoms with Gasteiger partial charge in [0.2, 0.25) is 11.8 Å². The summed E-state index contributed by atoms with van der Waals surface area (Å²) in [4.78, 5) is 29.4. The van der Waals surface area contributed by atoms with Gasteiger partial charge < -0.3 is 14.5 Å². The lowest BCUT2D eigenvalue weighted by atomic mass is 9.83. The first-order valence-electron chi connectivity index (χ1n) is 9.21. The number of hydrogen-bond donors (Lipinski definition) is 0. The Kier molecular flexibility index (Phi) is 5.42. The molecule has 2 aliphatic heterocycles. The first kappa shape index (κ1) is 17.9. The zero-order valence-electron chi connectivity index (χ0n) is 15.2. The molecular weight excluding hydrogens is 316 g/mol. The van der Waals surface area contributed by atoms with E-state index < -0.39 is 5.41 Å². The number of carbonyl (C=O) groups is 2. The van der Waals surface area contributed by atoms with Gasteiger partial charge in [-0.2, -0.15) is 0 Å². The van der Waals surface area contributed by atoms with Crippen molar-refractivity contribution in [2.45, 2.75) is 32.1 Å². The van der Waals surface area contributed by atoms with Crippen molar-refractivity contribution >= 4 is 11.8 Å². The lowest BCUT2D eigenvalue weighted by Gasteiger charge is -2.40. The standard InChI is InChI=1S/C20H28N2O3/c1-20(2,17-6-4-3-5-7-17)19(24)22-12-10-21(11-13-22)18(23)16-8-14-25-15-9-16/h3-7,16H,8-15H2,1-2H3. The Morgan fingerprint density at radius 3 is 2.12 bits per heavy atom. The van der Waals surface area contributed by atoms with Crippen LogP contribution in [0.25, 0.3) is 0 Å². The van der Waals surface area contributed by atoms with E-state index >= 15 is 0 Å². The number of rotatable bonds is 3. The maximum absolute atomic E-state index is 13.0. The molecule has 5 nitrogen and oxygen atoms in total. The predicted octanol–water partition coefficient (Wildman–Crippen LogP) is 2.06. The molecule has 2 amide bonds. The maximum atomic E-state index is 13.0. The van der Waals surface area contributed by atoms with E-state index in [1.54, 1.807) is 0 Å². The van der Waals surface area contributed by atoms with E-state index in [-0.39, 0.29) is 17.7 Å². The summed E-state index contributed by atoms with van der Waals surface area (Å²) in [5, 5.41) is 0. The van der Waals surface area contributed by atoms with E-state index in [1.165, 1.54) is 0 Å². The Labute approximate surface area is 149 Å². The number of piperazine rings is 1. The third-order valence-corrected chi connectivity index (χ3v) is 5.48. The Morgan fingerprint density at radius 2 is 1.52 bits per heavy atom. The average Bonchev–Trinajstić information content (AvgIpc) is 2.68. The summed E-state index contributed by atoms with van der Waals surface area (Å²) in [6.07, 6.45) is 1.64. The van der Waals surface area contributed by atoms with Crippen LogP contribution in [0.3, 0.4) is 0 Å². The summed E-state index contributed by atoms with van der Waals surface area (Å²) in [6, 6.07) is 9.90. The van der Waals surface area contributed by atoms with Gasteiger partial charge in [-0.3, -0.25) is 9.59 Å². The van der Waals surface area contributed by atoms with Gasteiger partial charge >= 0.3 is 0 Å². The van der Waals surface area contributed by atoms with Crippen LogP contribution in [0.2, 0.25) is 0 Å². The van der Waals surface area contributed by atoms with Crippen LogP contribution in [0.1, 0.15) is 32.3 Å². The number of hydrogen-bond acceptors (Lipinski definition) is 3. The molecule has 25 heavy (non-hydrogen) atoms. The summed E-state index contributed by atoms with van der Waals surface area (Å²) in [5.74, 6) is 0.464. The molecule has 0 unspecified atom stereocenters. The highest BCUT2D eigenvalue weighted by molar-refractivity contribution is 5.87. The zero-order valence-corrected chi connectivity index (χ0v) is 15.2. The van der Waals surface area contributed by atoms with E-state index in [9.17, 15) is 9.59 Å². The Balaban J connectivity index is 1.58. The minimum Gasteiger partial charge on any atom is -0.381 e. The monoisotopic (exact) mass is 344 g/mol. The molecule has 5 heteroatoms. The van der Waals surface area contributed by atoms with Crippen LogP contribution >= 0.6 is 0 Å². The van der Waals surface area contributed by atoms with Gasteiger partial charge in [0.25, 0.3) is 0 Å². The van der Waals surface area contributed by atoms with Gasteiger partial charge in [-0.1, -0.05) is 30.3 Å². The molecule has 136 valence electrons. The van der Waals surface area contributed by atoms with E-state index in [1.807, 2.05) is 54.0 Å². The topological polar surface area (TPSA) is 49.9 Å². The fourth-order valence-corrected chi connectivity index (χ4v) is 3.71. The molecule has 2 aliphatic rings. The summed E-state index contributed by atoms with van der Waals surface area (Å²) >= 11 is 0. The molecule has 0 aliphatic carbocycles. The fourth-order valence-electron chi connectivity index (χ4n) is 3.71. The van der Waals surface area contributed by atoms with Gasteiger partial charge in [-0.25, -0.2) is 0 Å². The molecular formula is C20H28N2O3. The molecule has 0 saturated carbocycles. The van der Waals surface area contributed by atoms with Gasteiger partial charge in [-0.05, 0) is 32.3 Å². The SMILES string of the molecule is CC(C)(C(=O)N1CCN(C(=O)C2CCOCC2)CC1)c1ccccc1. The lowest BCUT2D eigenvalue weighted by molar-refractivity contribution is -0.146. The largest absolute Gasteiger partial charge is 0.381 e. The first-order valence-corrected chi connectivity index (χ1v) is 9.21. The Morgan fingerprint density at radius 1 is 0.960 bits per heavy atom. The number of benzene rings is 1. The minimum atomic E-state index is -0.547. The number of nitrogens with zero attached hydrogens (tertiary/aromatic N) is 2. The molecule has 2 fully saturated rings. The lowest BCUT2D eigenvalue weighted by Crippen LogP contribution is -2.55. The van der Waals surface area contributed by atoms with Crippen molar-refractivity contribution in [3.63, 3.8) is 0 Å². The highest BCUT2D eigenvalue weighted by Crippen LogP contribution is 2.26. The molecule has 1 aromatic rings. The van der Waals surface area contributed by atoms with Crippen molar-refractivity contribution in [2.24, 2.45) is 5.92 Å². The van der Waals surface area contributed by atoms with E-state index in [0.29, 0.717) is 39.4 Å². The van der Waals surface area contributed by atoms with Crippen LogP contribution in [0.4, 0.5) is 0 Å². The third kappa shape index (κ3) is 3.87. The molecule has 0 atom stereocenters. The molecule has 0 aromatic heterocycles. The molecule has 0 N–H and O–H groups in total. The van der Waals surface area contributed by atoms with Crippen LogP contribution in [0, 0.1) is 5.92 Å². The summed E-state index contributed by atoms with van der Waals surface area (Å²) < 4.78 is 5.34. The second-order valence-electron chi connectivity index (χ2n) is 7.50. The molecule has 2 heterocycles. The highest BCUT2D eigenvalue weighted by atomic mass is 16.5. The van der Waals surface area contributed by atoms with Crippen LogP contribution in [-0.4, -0.2) is 61.0 Å². The summed E-state index contributed by atoms with van der Waals surface area (Å²) in [7, 11) is 0. The van der Waals surface area contributed by atoms with Crippen molar-refractivity contribution in [2.75, 3.05) is 39.4 Å². The maximum Gasteiger partial charge on any atom is 0.232 e. The van der Waals surface area contributed by atoms with Crippen molar-refractivity contribution in [3.8, 4) is 0 Å². The van der Waals surface area contributed by atoms with Crippen molar-refractivity contribution in [1.29, 1.82) is 0 Å². The average molecular weight is 344 g/mol. The van der Waals surface area contributed by atoms with Crippen molar-refractivity contribution < 1.29 is 14.3 Å². The molecule has 0 bridgehead atoms. The van der Waals surface area contributed by atoms with Crippen LogP contribution in [0.15, 0.2) is 30.3 Å². The van der Waals surface area contributed by atoms with Gasteiger partial charge in [-0.15, -0.1) is 0 Å². The smallest absolute Gasteiger partial charge is 0.232 e. The minimum absolute atomic E-state index is 0.0942. The van der Waals surface area contributed by atoms with Gasteiger partial charge in [0.05, 0.1) is 5.41 Å². The zero-order chi connectivity index (χ0) is 17.9. The normalized spacial score (nSPS) is 19.8. The van der Waals surface area contributed by atoms with Gasteiger partial charge in [0.15, 0.2) is 0 Å². The molecule has 2 saturated heterocycles. The molecule has 0 radical (unpaired) electrons. The van der Waals surface area contributed by atoms with Crippen molar-refractivity contribution in [3.05, 3.63) is 35.9 Å². The summed E-state index contributed by atoms with van der Waals surface area (Å²) in [6.45, 7) is 7.81. The quantitative estimate of drug-likeness (QED) is 0.843. The Hall–Kier alpha value is -1.88. The summed E-state index contributed by atoms with van der Waals surface area (Å²) in [5.41, 5.74) is 0.481. The predicted molar refractivity (Wildman–Crippen MR) is 96.2 cm³/mol. The highest BCUT2D eigenvalue weighted by Gasteiger charge is 2.36. The molecule has 3 rings (SSSR count). The molecule has 0 spiro atoms. The fraction of sp³-hybridized carbons (Fsp3) is 0.600. The third-order valence-electron chi connectivity index (χ3n) is 5.48. The van der Waals surface area contributed by atoms with Crippen LogP contribution < -0.4 is 0 Å². The van der Waals surface area contributed by atoms with Crippen molar-refractivity contribution in [1.82, 2.24) is 9.80 Å². The van der Waals surface area contributed by atoms with E-state index in [0.717, 1.165) is 18.4 Å². The second-order valence-corrected chi connectivity index (χ2v) is 7.50.